The van der Waals surface area contributed by atoms with Gasteiger partial charge in [-0.1, -0.05) is 295 Å². The Labute approximate surface area is 423 Å². The molecule has 0 radical (unpaired) electrons. The van der Waals surface area contributed by atoms with Crippen LogP contribution in [-0.2, 0) is 28.6 Å². The van der Waals surface area contributed by atoms with E-state index in [0.717, 1.165) is 83.5 Å². The molecule has 0 aromatic rings. The third-order valence-corrected chi connectivity index (χ3v) is 13.7. The number of carbonyl (C=O) groups excluding carboxylic acids is 3. The van der Waals surface area contributed by atoms with Crippen LogP contribution >= 0.6 is 0 Å². The third kappa shape index (κ3) is 54.8. The molecule has 0 heterocycles. The van der Waals surface area contributed by atoms with Crippen molar-refractivity contribution in [1.29, 1.82) is 0 Å². The summed E-state index contributed by atoms with van der Waals surface area (Å²) in [7, 11) is 0. The summed E-state index contributed by atoms with van der Waals surface area (Å²) in [5.41, 5.74) is 0. The van der Waals surface area contributed by atoms with Crippen LogP contribution in [0.2, 0.25) is 0 Å². The van der Waals surface area contributed by atoms with Crippen molar-refractivity contribution >= 4 is 17.9 Å². The Morgan fingerprint density at radius 3 is 0.853 bits per heavy atom. The topological polar surface area (TPSA) is 78.9 Å². The van der Waals surface area contributed by atoms with Crippen LogP contribution in [0.25, 0.3) is 0 Å². The Bertz CT molecular complexity index is 1100. The number of ether oxygens (including phenoxy) is 3. The maximum atomic E-state index is 12.8. The molecule has 68 heavy (non-hydrogen) atoms. The van der Waals surface area contributed by atoms with Crippen molar-refractivity contribution in [2.75, 3.05) is 13.2 Å². The van der Waals surface area contributed by atoms with E-state index in [1.165, 1.54) is 212 Å². The average molecular weight is 958 g/mol. The zero-order valence-electron chi connectivity index (χ0n) is 45.9. The van der Waals surface area contributed by atoms with Crippen LogP contribution in [0.5, 0.6) is 0 Å². The average Bonchev–Trinajstić information content (AvgIpc) is 3.34. The summed E-state index contributed by atoms with van der Waals surface area (Å²) < 4.78 is 16.8. The first kappa shape index (κ1) is 65.9. The van der Waals surface area contributed by atoms with Gasteiger partial charge in [-0.3, -0.25) is 14.4 Å². The van der Waals surface area contributed by atoms with Crippen molar-refractivity contribution in [2.24, 2.45) is 0 Å². The highest BCUT2D eigenvalue weighted by atomic mass is 16.6. The van der Waals surface area contributed by atoms with Crippen LogP contribution < -0.4 is 0 Å². The van der Waals surface area contributed by atoms with Gasteiger partial charge in [0.15, 0.2) is 6.10 Å². The number of hydrogen-bond acceptors (Lipinski definition) is 6. The summed E-state index contributed by atoms with van der Waals surface area (Å²) >= 11 is 0. The first-order chi connectivity index (χ1) is 33.5. The molecule has 0 aliphatic carbocycles. The van der Waals surface area contributed by atoms with Crippen molar-refractivity contribution in [3.63, 3.8) is 0 Å². The molecule has 0 amide bonds. The summed E-state index contributed by atoms with van der Waals surface area (Å²) in [6, 6.07) is 0. The molecular formula is C62H116O6. The molecule has 0 aliphatic heterocycles. The molecule has 0 spiro atoms. The summed E-state index contributed by atoms with van der Waals surface area (Å²) in [6.07, 6.45) is 67.9. The molecule has 0 aliphatic rings. The van der Waals surface area contributed by atoms with Gasteiger partial charge in [-0.25, -0.2) is 0 Å². The van der Waals surface area contributed by atoms with Gasteiger partial charge in [0.2, 0.25) is 0 Å². The van der Waals surface area contributed by atoms with Crippen LogP contribution in [0, 0.1) is 0 Å². The van der Waals surface area contributed by atoms with Crippen molar-refractivity contribution in [3.8, 4) is 0 Å². The van der Waals surface area contributed by atoms with Crippen molar-refractivity contribution in [1.82, 2.24) is 0 Å². The Hall–Kier alpha value is -2.11. The first-order valence-electron chi connectivity index (χ1n) is 30.3. The van der Waals surface area contributed by atoms with Gasteiger partial charge >= 0.3 is 17.9 Å². The van der Waals surface area contributed by atoms with E-state index in [2.05, 4.69) is 45.1 Å². The predicted octanol–water partition coefficient (Wildman–Crippen LogP) is 20.3. The number of allylic oxidation sites excluding steroid dienone is 4. The molecule has 0 fully saturated rings. The molecule has 0 saturated heterocycles. The smallest absolute Gasteiger partial charge is 0.306 e. The summed E-state index contributed by atoms with van der Waals surface area (Å²) in [5, 5.41) is 0. The van der Waals surface area contributed by atoms with Crippen LogP contribution in [0.1, 0.15) is 335 Å². The van der Waals surface area contributed by atoms with Gasteiger partial charge < -0.3 is 14.2 Å². The highest BCUT2D eigenvalue weighted by molar-refractivity contribution is 5.71. The molecule has 0 saturated carbocycles. The fourth-order valence-corrected chi connectivity index (χ4v) is 9.11. The van der Waals surface area contributed by atoms with Crippen LogP contribution in [0.3, 0.4) is 0 Å². The lowest BCUT2D eigenvalue weighted by atomic mass is 10.0. The van der Waals surface area contributed by atoms with Crippen LogP contribution in [0.15, 0.2) is 24.3 Å². The molecule has 0 bridgehead atoms. The SMILES string of the molecule is CCCC/C=C\C/C=C\CCCCCCCC(=O)OC(COC(=O)CCCCCCCCC)COC(=O)CCCCCCCCCCCCCCCCCCCCCCCCCCCCCCC. The highest BCUT2D eigenvalue weighted by Crippen LogP contribution is 2.18. The Kier molecular flexibility index (Phi) is 55.7. The minimum absolute atomic E-state index is 0.0725. The molecule has 0 aromatic carbocycles. The number of carbonyl (C=O) groups is 3. The lowest BCUT2D eigenvalue weighted by Crippen LogP contribution is -2.30. The maximum Gasteiger partial charge on any atom is 0.306 e. The minimum atomic E-state index is -0.772. The lowest BCUT2D eigenvalue weighted by molar-refractivity contribution is -0.167. The van der Waals surface area contributed by atoms with Gasteiger partial charge in [-0.15, -0.1) is 0 Å². The predicted molar refractivity (Wildman–Crippen MR) is 293 cm³/mol. The number of unbranched alkanes of at least 4 members (excludes halogenated alkanes) is 41. The fourth-order valence-electron chi connectivity index (χ4n) is 9.11. The quantitative estimate of drug-likeness (QED) is 0.0262. The zero-order chi connectivity index (χ0) is 49.3. The van der Waals surface area contributed by atoms with Crippen molar-refractivity contribution in [3.05, 3.63) is 24.3 Å². The molecule has 6 heteroatoms. The van der Waals surface area contributed by atoms with Crippen LogP contribution in [0.4, 0.5) is 0 Å². The van der Waals surface area contributed by atoms with E-state index in [4.69, 9.17) is 14.2 Å². The third-order valence-electron chi connectivity index (χ3n) is 13.7. The van der Waals surface area contributed by atoms with Gasteiger partial charge in [0, 0.05) is 19.3 Å². The van der Waals surface area contributed by atoms with E-state index < -0.39 is 6.10 Å². The summed E-state index contributed by atoms with van der Waals surface area (Å²) in [4.78, 5) is 37.9. The first-order valence-corrected chi connectivity index (χ1v) is 30.3. The van der Waals surface area contributed by atoms with Gasteiger partial charge in [0.1, 0.15) is 13.2 Å². The molecule has 1 atom stereocenters. The monoisotopic (exact) mass is 957 g/mol. The van der Waals surface area contributed by atoms with E-state index in [1.54, 1.807) is 0 Å². The zero-order valence-corrected chi connectivity index (χ0v) is 45.9. The lowest BCUT2D eigenvalue weighted by Gasteiger charge is -2.18. The second-order valence-corrected chi connectivity index (χ2v) is 20.6. The molecule has 6 nitrogen and oxygen atoms in total. The van der Waals surface area contributed by atoms with Gasteiger partial charge in [0.05, 0.1) is 0 Å². The second kappa shape index (κ2) is 57.5. The second-order valence-electron chi connectivity index (χ2n) is 20.6. The Morgan fingerprint density at radius 2 is 0.544 bits per heavy atom. The molecule has 400 valence electrons. The molecule has 0 aromatic heterocycles. The minimum Gasteiger partial charge on any atom is -0.462 e. The number of rotatable bonds is 56. The van der Waals surface area contributed by atoms with Gasteiger partial charge in [-0.05, 0) is 44.9 Å². The number of hydrogen-bond donors (Lipinski definition) is 0. The highest BCUT2D eigenvalue weighted by Gasteiger charge is 2.19. The molecule has 0 rings (SSSR count). The molecule has 1 unspecified atom stereocenters. The van der Waals surface area contributed by atoms with E-state index in [-0.39, 0.29) is 31.1 Å². The Morgan fingerprint density at radius 1 is 0.294 bits per heavy atom. The standard InChI is InChI=1S/C62H116O6/c1-4-7-10-13-16-18-20-22-24-25-26-27-28-29-30-31-32-33-34-35-36-37-38-40-41-43-46-49-52-55-61(64)67-58-59(57-66-60(63)54-51-48-45-15-12-9-6-3)68-62(65)56-53-50-47-44-42-39-23-21-19-17-14-11-8-5-2/h14,17,21,23,59H,4-13,15-16,18-20,22,24-58H2,1-3H3/b17-14-,23-21-. The largest absolute Gasteiger partial charge is 0.462 e. The molecule has 0 N–H and O–H groups in total. The molecular weight excluding hydrogens is 841 g/mol. The Balaban J connectivity index is 3.99. The van der Waals surface area contributed by atoms with E-state index in [0.29, 0.717) is 19.3 Å². The number of esters is 3. The summed E-state index contributed by atoms with van der Waals surface area (Å²) in [5.74, 6) is -0.876. The van der Waals surface area contributed by atoms with E-state index in [1.807, 2.05) is 0 Å². The van der Waals surface area contributed by atoms with Gasteiger partial charge in [-0.2, -0.15) is 0 Å². The van der Waals surface area contributed by atoms with Crippen LogP contribution in [-0.4, -0.2) is 37.2 Å². The summed E-state index contributed by atoms with van der Waals surface area (Å²) in [6.45, 7) is 6.59. The normalized spacial score (nSPS) is 12.1. The fraction of sp³-hybridized carbons (Fsp3) is 0.887. The van der Waals surface area contributed by atoms with E-state index >= 15 is 0 Å². The maximum absolute atomic E-state index is 12.8. The van der Waals surface area contributed by atoms with Gasteiger partial charge in [0.25, 0.3) is 0 Å². The van der Waals surface area contributed by atoms with Crippen molar-refractivity contribution in [2.45, 2.75) is 341 Å². The van der Waals surface area contributed by atoms with Crippen molar-refractivity contribution < 1.29 is 28.6 Å². The van der Waals surface area contributed by atoms with E-state index in [9.17, 15) is 14.4 Å².